The van der Waals surface area contributed by atoms with Gasteiger partial charge in [-0.05, 0) is 44.1 Å². The summed E-state index contributed by atoms with van der Waals surface area (Å²) in [6.45, 7) is 6.79. The molecule has 0 spiro atoms. The van der Waals surface area contributed by atoms with Gasteiger partial charge < -0.3 is 0 Å². The van der Waals surface area contributed by atoms with E-state index in [0.717, 1.165) is 16.0 Å². The third-order valence-electron chi connectivity index (χ3n) is 4.19. The predicted molar refractivity (Wildman–Crippen MR) is 82.2 cm³/mol. The Bertz CT molecular complexity index is 608. The van der Waals surface area contributed by atoms with Gasteiger partial charge in [-0.3, -0.25) is 0 Å². The Morgan fingerprint density at radius 3 is 2.63 bits per heavy atom. The van der Waals surface area contributed by atoms with Gasteiger partial charge >= 0.3 is 0 Å². The van der Waals surface area contributed by atoms with Crippen molar-refractivity contribution in [3.63, 3.8) is 0 Å². The van der Waals surface area contributed by atoms with Gasteiger partial charge in [0.2, 0.25) is 0 Å². The Morgan fingerprint density at radius 2 is 1.95 bits per heavy atom. The van der Waals surface area contributed by atoms with Gasteiger partial charge in [0.25, 0.3) is 0 Å². The number of rotatable bonds is 1. The summed E-state index contributed by atoms with van der Waals surface area (Å²) in [6, 6.07) is 2.08. The van der Waals surface area contributed by atoms with E-state index in [2.05, 4.69) is 31.8 Å². The molecule has 19 heavy (non-hydrogen) atoms. The molecule has 0 aliphatic heterocycles. The molecule has 0 bridgehead atoms. The molecule has 2 nitrogen and oxygen atoms in total. The number of aromatic nitrogens is 2. The summed E-state index contributed by atoms with van der Waals surface area (Å²) in [5.74, 6) is 1.44. The predicted octanol–water partition coefficient (Wildman–Crippen LogP) is 5.34. The highest BCUT2D eigenvalue weighted by atomic mass is 35.5. The largest absolute Gasteiger partial charge is 0.222 e. The van der Waals surface area contributed by atoms with Crippen LogP contribution >= 0.6 is 22.9 Å². The fourth-order valence-electron chi connectivity index (χ4n) is 2.86. The lowest BCUT2D eigenvalue weighted by atomic mass is 9.73. The number of fused-ring (bicyclic) bond motifs is 1. The Balaban J connectivity index is 1.93. The Hall–Kier alpha value is -0.670. The maximum absolute atomic E-state index is 6.31. The minimum absolute atomic E-state index is 0.476. The molecule has 0 radical (unpaired) electrons. The van der Waals surface area contributed by atoms with Crippen LogP contribution in [0.2, 0.25) is 5.15 Å². The standard InChI is InChI=1S/C15H19ClN2S/c1-9-8-11-12(16)17-13(18-14(11)19-9)10-4-6-15(2,3)7-5-10/h8,10H,4-7H2,1-3H3. The van der Waals surface area contributed by atoms with Crippen molar-refractivity contribution in [3.8, 4) is 0 Å². The monoisotopic (exact) mass is 294 g/mol. The van der Waals surface area contributed by atoms with E-state index in [1.54, 1.807) is 11.3 Å². The average molecular weight is 295 g/mol. The number of hydrogen-bond acceptors (Lipinski definition) is 3. The van der Waals surface area contributed by atoms with Gasteiger partial charge in [-0.2, -0.15) is 0 Å². The summed E-state index contributed by atoms with van der Waals surface area (Å²) in [7, 11) is 0. The highest BCUT2D eigenvalue weighted by Gasteiger charge is 2.29. The molecule has 0 aromatic carbocycles. The van der Waals surface area contributed by atoms with Crippen molar-refractivity contribution < 1.29 is 0 Å². The first-order valence-corrected chi connectivity index (χ1v) is 8.08. The van der Waals surface area contributed by atoms with Crippen molar-refractivity contribution >= 4 is 33.2 Å². The van der Waals surface area contributed by atoms with E-state index in [1.165, 1.54) is 30.6 Å². The lowest BCUT2D eigenvalue weighted by Gasteiger charge is -2.33. The van der Waals surface area contributed by atoms with Crippen molar-refractivity contribution in [2.45, 2.75) is 52.4 Å². The van der Waals surface area contributed by atoms with Crippen LogP contribution in [0.25, 0.3) is 10.2 Å². The molecule has 0 unspecified atom stereocenters. The summed E-state index contributed by atoms with van der Waals surface area (Å²) < 4.78 is 0. The summed E-state index contributed by atoms with van der Waals surface area (Å²) in [4.78, 5) is 11.6. The molecule has 2 aromatic heterocycles. The first kappa shape index (κ1) is 13.3. The lowest BCUT2D eigenvalue weighted by Crippen LogP contribution is -2.21. The molecule has 102 valence electrons. The number of nitrogens with zero attached hydrogens (tertiary/aromatic N) is 2. The molecule has 3 rings (SSSR count). The lowest BCUT2D eigenvalue weighted by molar-refractivity contribution is 0.221. The van der Waals surface area contributed by atoms with Gasteiger partial charge in [-0.25, -0.2) is 9.97 Å². The zero-order valence-electron chi connectivity index (χ0n) is 11.7. The van der Waals surface area contributed by atoms with Gasteiger partial charge in [0.05, 0.1) is 0 Å². The van der Waals surface area contributed by atoms with Gasteiger partial charge in [0.1, 0.15) is 15.8 Å². The van der Waals surface area contributed by atoms with E-state index < -0.39 is 0 Å². The maximum Gasteiger partial charge on any atom is 0.141 e. The second-order valence-electron chi connectivity index (χ2n) is 6.39. The van der Waals surface area contributed by atoms with Crippen LogP contribution in [0.3, 0.4) is 0 Å². The van der Waals surface area contributed by atoms with Crippen LogP contribution in [0.15, 0.2) is 6.07 Å². The zero-order valence-corrected chi connectivity index (χ0v) is 13.2. The zero-order chi connectivity index (χ0) is 13.6. The van der Waals surface area contributed by atoms with E-state index in [-0.39, 0.29) is 0 Å². The van der Waals surface area contributed by atoms with Gasteiger partial charge in [0.15, 0.2) is 0 Å². The van der Waals surface area contributed by atoms with Crippen molar-refractivity contribution in [1.29, 1.82) is 0 Å². The highest BCUT2D eigenvalue weighted by Crippen LogP contribution is 2.42. The molecule has 2 heterocycles. The van der Waals surface area contributed by atoms with Crippen LogP contribution in [-0.4, -0.2) is 9.97 Å². The van der Waals surface area contributed by atoms with Gasteiger partial charge in [-0.1, -0.05) is 25.4 Å². The highest BCUT2D eigenvalue weighted by molar-refractivity contribution is 7.18. The van der Waals surface area contributed by atoms with Crippen molar-refractivity contribution in [2.75, 3.05) is 0 Å². The molecule has 0 atom stereocenters. The third-order valence-corrected chi connectivity index (χ3v) is 5.42. The SMILES string of the molecule is Cc1cc2c(Cl)nc(C3CCC(C)(C)CC3)nc2s1. The molecule has 1 fully saturated rings. The van der Waals surface area contributed by atoms with E-state index in [4.69, 9.17) is 16.6 Å². The molecule has 1 aliphatic rings. The van der Waals surface area contributed by atoms with Gasteiger partial charge in [0, 0.05) is 16.2 Å². The third kappa shape index (κ3) is 2.63. The molecule has 1 saturated carbocycles. The smallest absolute Gasteiger partial charge is 0.141 e. The Kier molecular flexibility index (Phi) is 3.30. The van der Waals surface area contributed by atoms with Crippen LogP contribution < -0.4 is 0 Å². The minimum Gasteiger partial charge on any atom is -0.222 e. The van der Waals surface area contributed by atoms with Crippen molar-refractivity contribution in [2.24, 2.45) is 5.41 Å². The molecule has 4 heteroatoms. The first-order valence-electron chi connectivity index (χ1n) is 6.88. The number of hydrogen-bond donors (Lipinski definition) is 0. The average Bonchev–Trinajstić information content (AvgIpc) is 2.70. The number of thiophene rings is 1. The topological polar surface area (TPSA) is 25.8 Å². The van der Waals surface area contributed by atoms with E-state index >= 15 is 0 Å². The summed E-state index contributed by atoms with van der Waals surface area (Å²) >= 11 is 8.02. The van der Waals surface area contributed by atoms with E-state index in [0.29, 0.717) is 16.5 Å². The second-order valence-corrected chi connectivity index (χ2v) is 7.98. The minimum atomic E-state index is 0.476. The summed E-state index contributed by atoms with van der Waals surface area (Å²) in [5.41, 5.74) is 0.476. The van der Waals surface area contributed by atoms with Crippen LogP contribution in [0.1, 0.15) is 56.2 Å². The summed E-state index contributed by atoms with van der Waals surface area (Å²) in [6.07, 6.45) is 4.86. The molecule has 2 aromatic rings. The van der Waals surface area contributed by atoms with Crippen molar-refractivity contribution in [1.82, 2.24) is 9.97 Å². The molecule has 0 saturated heterocycles. The summed E-state index contributed by atoms with van der Waals surface area (Å²) in [5, 5.41) is 1.62. The fraction of sp³-hybridized carbons (Fsp3) is 0.600. The maximum atomic E-state index is 6.31. The number of aryl methyl sites for hydroxylation is 1. The fourth-order valence-corrected chi connectivity index (χ4v) is 4.04. The normalized spacial score (nSPS) is 20.0. The Morgan fingerprint density at radius 1 is 1.26 bits per heavy atom. The van der Waals surface area contributed by atoms with E-state index in [1.807, 2.05) is 0 Å². The molecular weight excluding hydrogens is 276 g/mol. The molecule has 0 amide bonds. The molecular formula is C15H19ClN2S. The quantitative estimate of drug-likeness (QED) is 0.664. The van der Waals surface area contributed by atoms with Crippen LogP contribution in [0.4, 0.5) is 0 Å². The van der Waals surface area contributed by atoms with Crippen LogP contribution in [0, 0.1) is 12.3 Å². The first-order chi connectivity index (χ1) is 8.94. The van der Waals surface area contributed by atoms with Crippen LogP contribution in [0.5, 0.6) is 0 Å². The molecule has 0 N–H and O–H groups in total. The number of halogens is 1. The van der Waals surface area contributed by atoms with Crippen LogP contribution in [-0.2, 0) is 0 Å². The van der Waals surface area contributed by atoms with Gasteiger partial charge in [-0.15, -0.1) is 11.3 Å². The molecule has 1 aliphatic carbocycles. The van der Waals surface area contributed by atoms with Crippen molar-refractivity contribution in [3.05, 3.63) is 21.9 Å². The van der Waals surface area contributed by atoms with E-state index in [9.17, 15) is 0 Å². The Labute approximate surface area is 123 Å². The second kappa shape index (κ2) is 4.71.